The Hall–Kier alpha value is -1.04. The lowest BCUT2D eigenvalue weighted by molar-refractivity contribution is 0.219. The van der Waals surface area contributed by atoms with Crippen molar-refractivity contribution in [2.75, 3.05) is 40.8 Å². The van der Waals surface area contributed by atoms with Gasteiger partial charge in [0.2, 0.25) is 0 Å². The number of nitrogens with two attached hydrogens (primary N) is 1. The Bertz CT molecular complexity index is 382. The van der Waals surface area contributed by atoms with E-state index >= 15 is 0 Å². The van der Waals surface area contributed by atoms with Crippen molar-refractivity contribution in [2.24, 2.45) is 5.73 Å². The molecule has 1 rings (SSSR count). The van der Waals surface area contributed by atoms with E-state index in [9.17, 15) is 8.78 Å². The maximum Gasteiger partial charge on any atom is 0.130 e. The second-order valence-electron chi connectivity index (χ2n) is 4.70. The van der Waals surface area contributed by atoms with Crippen LogP contribution in [0.25, 0.3) is 0 Å². The van der Waals surface area contributed by atoms with Crippen LogP contribution in [0.3, 0.4) is 0 Å². The first-order chi connectivity index (χ1) is 8.45. The molecule has 0 fully saturated rings. The molecule has 0 saturated heterocycles. The second-order valence-corrected chi connectivity index (χ2v) is 4.70. The molecule has 0 aromatic heterocycles. The number of benzene rings is 1. The number of likely N-dealkylation sites (N-methyl/N-ethyl adjacent to an activating group) is 2. The van der Waals surface area contributed by atoms with Gasteiger partial charge in [0.1, 0.15) is 11.6 Å². The van der Waals surface area contributed by atoms with Crippen LogP contribution in [-0.2, 0) is 0 Å². The summed E-state index contributed by atoms with van der Waals surface area (Å²) >= 11 is 0. The average molecular weight is 257 g/mol. The topological polar surface area (TPSA) is 32.5 Å². The van der Waals surface area contributed by atoms with Gasteiger partial charge in [0.25, 0.3) is 0 Å². The smallest absolute Gasteiger partial charge is 0.130 e. The van der Waals surface area contributed by atoms with Crippen molar-refractivity contribution in [3.63, 3.8) is 0 Å². The molecular formula is C13H21F2N3. The summed E-state index contributed by atoms with van der Waals surface area (Å²) in [6.07, 6.45) is 0. The van der Waals surface area contributed by atoms with Crippen LogP contribution in [0, 0.1) is 11.6 Å². The first-order valence-corrected chi connectivity index (χ1v) is 5.95. The molecule has 1 aromatic rings. The van der Waals surface area contributed by atoms with Crippen molar-refractivity contribution in [3.05, 3.63) is 35.4 Å². The number of hydrogen-bond donors (Lipinski definition) is 1. The molecule has 0 saturated carbocycles. The molecule has 0 heterocycles. The quantitative estimate of drug-likeness (QED) is 0.837. The molecule has 1 atom stereocenters. The van der Waals surface area contributed by atoms with Crippen LogP contribution in [0.5, 0.6) is 0 Å². The van der Waals surface area contributed by atoms with Crippen LogP contribution in [-0.4, -0.2) is 50.6 Å². The van der Waals surface area contributed by atoms with Gasteiger partial charge in [-0.05, 0) is 27.2 Å². The maximum absolute atomic E-state index is 13.7. The average Bonchev–Trinajstić information content (AvgIpc) is 2.30. The zero-order valence-corrected chi connectivity index (χ0v) is 11.2. The van der Waals surface area contributed by atoms with Gasteiger partial charge in [0.05, 0.1) is 0 Å². The van der Waals surface area contributed by atoms with Crippen LogP contribution in [0.2, 0.25) is 0 Å². The molecule has 0 aliphatic heterocycles. The lowest BCUT2D eigenvalue weighted by Crippen LogP contribution is -2.35. The highest BCUT2D eigenvalue weighted by Crippen LogP contribution is 2.21. The van der Waals surface area contributed by atoms with Gasteiger partial charge in [-0.25, -0.2) is 8.78 Å². The molecule has 0 aliphatic carbocycles. The number of hydrogen-bond acceptors (Lipinski definition) is 3. The number of halogens is 2. The van der Waals surface area contributed by atoms with Gasteiger partial charge in [0, 0.05) is 37.3 Å². The highest BCUT2D eigenvalue weighted by Gasteiger charge is 2.19. The Balaban J connectivity index is 2.81. The van der Waals surface area contributed by atoms with Crippen molar-refractivity contribution < 1.29 is 8.78 Å². The molecule has 1 unspecified atom stereocenters. The third-order valence-electron chi connectivity index (χ3n) is 2.98. The fraction of sp³-hybridized carbons (Fsp3) is 0.538. The zero-order valence-electron chi connectivity index (χ0n) is 11.2. The summed E-state index contributed by atoms with van der Waals surface area (Å²) < 4.78 is 26.6. The monoisotopic (exact) mass is 257 g/mol. The van der Waals surface area contributed by atoms with Gasteiger partial charge in [-0.3, -0.25) is 4.90 Å². The van der Waals surface area contributed by atoms with E-state index in [4.69, 9.17) is 5.73 Å². The fourth-order valence-corrected chi connectivity index (χ4v) is 1.83. The molecule has 5 heteroatoms. The summed E-state index contributed by atoms with van der Waals surface area (Å²) in [5.41, 5.74) is 6.15. The highest BCUT2D eigenvalue weighted by molar-refractivity contribution is 5.22. The van der Waals surface area contributed by atoms with Crippen molar-refractivity contribution >= 4 is 0 Å². The van der Waals surface area contributed by atoms with E-state index in [1.807, 2.05) is 30.9 Å². The molecule has 3 nitrogen and oxygen atoms in total. The largest absolute Gasteiger partial charge is 0.329 e. The minimum Gasteiger partial charge on any atom is -0.329 e. The third kappa shape index (κ3) is 4.01. The molecule has 1 aromatic carbocycles. The predicted octanol–water partition coefficient (Wildman–Crippen LogP) is 1.46. The molecule has 0 spiro atoms. The van der Waals surface area contributed by atoms with Gasteiger partial charge >= 0.3 is 0 Å². The first-order valence-electron chi connectivity index (χ1n) is 5.95. The Morgan fingerprint density at radius 1 is 1.17 bits per heavy atom. The zero-order chi connectivity index (χ0) is 13.7. The minimum absolute atomic E-state index is 0.231. The van der Waals surface area contributed by atoms with Crippen LogP contribution < -0.4 is 5.73 Å². The summed E-state index contributed by atoms with van der Waals surface area (Å²) in [5, 5.41) is 0. The van der Waals surface area contributed by atoms with Crippen molar-refractivity contribution in [3.8, 4) is 0 Å². The van der Waals surface area contributed by atoms with E-state index < -0.39 is 11.6 Å². The molecule has 18 heavy (non-hydrogen) atoms. The molecule has 102 valence electrons. The van der Waals surface area contributed by atoms with Gasteiger partial charge in [0.15, 0.2) is 0 Å². The molecule has 0 bridgehead atoms. The summed E-state index contributed by atoms with van der Waals surface area (Å²) in [6, 6.07) is 3.40. The Morgan fingerprint density at radius 2 is 1.83 bits per heavy atom. The van der Waals surface area contributed by atoms with E-state index in [2.05, 4.69) is 0 Å². The summed E-state index contributed by atoms with van der Waals surface area (Å²) in [6.45, 7) is 1.92. The summed E-state index contributed by atoms with van der Waals surface area (Å²) in [7, 11) is 5.84. The van der Waals surface area contributed by atoms with Crippen LogP contribution in [0.1, 0.15) is 11.6 Å². The first kappa shape index (κ1) is 15.0. The maximum atomic E-state index is 13.7. The molecule has 2 N–H and O–H groups in total. The van der Waals surface area contributed by atoms with Crippen molar-refractivity contribution in [1.29, 1.82) is 0 Å². The van der Waals surface area contributed by atoms with E-state index in [1.54, 1.807) is 0 Å². The van der Waals surface area contributed by atoms with Crippen molar-refractivity contribution in [2.45, 2.75) is 6.04 Å². The number of nitrogens with zero attached hydrogens (tertiary/aromatic N) is 2. The van der Waals surface area contributed by atoms with E-state index in [0.29, 0.717) is 12.1 Å². The molecule has 0 amide bonds. The van der Waals surface area contributed by atoms with Gasteiger partial charge in [-0.2, -0.15) is 0 Å². The standard InChI is InChI=1S/C13H21F2N3/c1-17(2)6-7-18(3)13(9-16)11-5-4-10(14)8-12(11)15/h4-5,8,13H,6-7,9,16H2,1-3H3. The van der Waals surface area contributed by atoms with Crippen LogP contribution in [0.4, 0.5) is 8.78 Å². The minimum atomic E-state index is -0.567. The van der Waals surface area contributed by atoms with E-state index in [0.717, 1.165) is 19.2 Å². The van der Waals surface area contributed by atoms with Gasteiger partial charge < -0.3 is 10.6 Å². The summed E-state index contributed by atoms with van der Waals surface area (Å²) in [5.74, 6) is -1.11. The fourth-order valence-electron chi connectivity index (χ4n) is 1.83. The van der Waals surface area contributed by atoms with Gasteiger partial charge in [-0.15, -0.1) is 0 Å². The Labute approximate surface area is 107 Å². The predicted molar refractivity (Wildman–Crippen MR) is 69.3 cm³/mol. The van der Waals surface area contributed by atoms with Crippen LogP contribution in [0.15, 0.2) is 18.2 Å². The third-order valence-corrected chi connectivity index (χ3v) is 2.98. The molecule has 0 radical (unpaired) electrons. The Morgan fingerprint density at radius 3 is 2.33 bits per heavy atom. The highest BCUT2D eigenvalue weighted by atomic mass is 19.1. The normalized spacial score (nSPS) is 13.3. The molecular weight excluding hydrogens is 236 g/mol. The van der Waals surface area contributed by atoms with Crippen LogP contribution >= 0.6 is 0 Å². The second kappa shape index (κ2) is 6.78. The van der Waals surface area contributed by atoms with E-state index in [-0.39, 0.29) is 6.04 Å². The summed E-state index contributed by atoms with van der Waals surface area (Å²) in [4.78, 5) is 4.03. The van der Waals surface area contributed by atoms with E-state index in [1.165, 1.54) is 12.1 Å². The van der Waals surface area contributed by atoms with Crippen molar-refractivity contribution in [1.82, 2.24) is 9.80 Å². The molecule has 0 aliphatic rings. The lowest BCUT2D eigenvalue weighted by Gasteiger charge is -2.28. The number of rotatable bonds is 6. The SMILES string of the molecule is CN(C)CCN(C)C(CN)c1ccc(F)cc1F. The lowest BCUT2D eigenvalue weighted by atomic mass is 10.0. The van der Waals surface area contributed by atoms with Gasteiger partial charge in [-0.1, -0.05) is 6.07 Å². The Kier molecular flexibility index (Phi) is 5.65.